The van der Waals surface area contributed by atoms with Crippen LogP contribution < -0.4 is 5.32 Å². The van der Waals surface area contributed by atoms with Crippen LogP contribution in [0.5, 0.6) is 0 Å². The van der Waals surface area contributed by atoms with E-state index in [0.717, 1.165) is 30.3 Å². The van der Waals surface area contributed by atoms with Gasteiger partial charge in [-0.1, -0.05) is 29.4 Å². The van der Waals surface area contributed by atoms with E-state index in [1.165, 1.54) is 6.07 Å². The van der Waals surface area contributed by atoms with Crippen LogP contribution in [0.15, 0.2) is 40.9 Å². The number of hydrogen-bond acceptors (Lipinski definition) is 4. The Balaban J connectivity index is 1.81. The van der Waals surface area contributed by atoms with E-state index in [1.54, 1.807) is 12.1 Å². The van der Waals surface area contributed by atoms with E-state index in [2.05, 4.69) is 15.5 Å². The monoisotopic (exact) mass is 283 g/mol. The van der Waals surface area contributed by atoms with Crippen LogP contribution >= 0.6 is 0 Å². The van der Waals surface area contributed by atoms with Gasteiger partial charge in [0, 0.05) is 10.9 Å². The Morgan fingerprint density at radius 3 is 2.81 bits per heavy atom. The van der Waals surface area contributed by atoms with Crippen LogP contribution in [0, 0.1) is 5.82 Å². The van der Waals surface area contributed by atoms with Crippen molar-refractivity contribution in [2.24, 2.45) is 0 Å². The maximum Gasteiger partial charge on any atom is 0.244 e. The lowest BCUT2D eigenvalue weighted by atomic mass is 10.0. The number of halogens is 1. The lowest BCUT2D eigenvalue weighted by Crippen LogP contribution is -2.12. The van der Waals surface area contributed by atoms with Crippen molar-refractivity contribution < 1.29 is 8.91 Å². The minimum Gasteiger partial charge on any atom is -0.337 e. The van der Waals surface area contributed by atoms with Crippen LogP contribution in [0.25, 0.3) is 22.2 Å². The van der Waals surface area contributed by atoms with E-state index in [9.17, 15) is 4.39 Å². The molecule has 0 saturated carbocycles. The Labute approximate surface area is 121 Å². The Morgan fingerprint density at radius 2 is 2.00 bits per heavy atom. The molecule has 1 aromatic heterocycles. The summed E-state index contributed by atoms with van der Waals surface area (Å²) in [6.45, 7) is 0.974. The van der Waals surface area contributed by atoms with Crippen molar-refractivity contribution >= 4 is 10.8 Å². The van der Waals surface area contributed by atoms with Gasteiger partial charge in [-0.25, -0.2) is 4.39 Å². The van der Waals surface area contributed by atoms with Crippen molar-refractivity contribution in [3.05, 3.63) is 48.1 Å². The zero-order valence-electron chi connectivity index (χ0n) is 11.3. The van der Waals surface area contributed by atoms with E-state index in [1.807, 2.05) is 18.2 Å². The van der Waals surface area contributed by atoms with Crippen LogP contribution in [-0.2, 0) is 0 Å². The molecule has 0 spiro atoms. The lowest BCUT2D eigenvalue weighted by molar-refractivity contribution is 0.345. The molecule has 21 heavy (non-hydrogen) atoms. The van der Waals surface area contributed by atoms with Gasteiger partial charge in [-0.3, -0.25) is 0 Å². The van der Waals surface area contributed by atoms with Gasteiger partial charge in [0.05, 0.1) is 6.04 Å². The number of rotatable bonds is 2. The van der Waals surface area contributed by atoms with Crippen molar-refractivity contribution in [2.45, 2.75) is 18.9 Å². The first kappa shape index (κ1) is 12.5. The molecule has 106 valence electrons. The number of benzene rings is 2. The highest BCUT2D eigenvalue weighted by Gasteiger charge is 2.23. The molecule has 1 saturated heterocycles. The molecule has 4 nitrogen and oxygen atoms in total. The summed E-state index contributed by atoms with van der Waals surface area (Å²) >= 11 is 0. The van der Waals surface area contributed by atoms with E-state index in [-0.39, 0.29) is 11.9 Å². The van der Waals surface area contributed by atoms with Crippen molar-refractivity contribution in [1.29, 1.82) is 0 Å². The molecule has 0 bridgehead atoms. The maximum atomic E-state index is 13.9. The molecule has 1 fully saturated rings. The summed E-state index contributed by atoms with van der Waals surface area (Å²) in [4.78, 5) is 4.48. The van der Waals surface area contributed by atoms with Crippen LogP contribution in [0.1, 0.15) is 24.8 Å². The van der Waals surface area contributed by atoms with E-state index >= 15 is 0 Å². The first-order valence-electron chi connectivity index (χ1n) is 7.07. The molecule has 1 aliphatic heterocycles. The molecule has 0 unspecified atom stereocenters. The molecule has 0 amide bonds. The Hall–Kier alpha value is -2.27. The number of fused-ring (bicyclic) bond motifs is 1. The topological polar surface area (TPSA) is 51.0 Å². The van der Waals surface area contributed by atoms with E-state index in [4.69, 9.17) is 4.52 Å². The fourth-order valence-corrected chi connectivity index (χ4v) is 2.84. The van der Waals surface area contributed by atoms with Crippen molar-refractivity contribution in [3.8, 4) is 11.4 Å². The highest BCUT2D eigenvalue weighted by molar-refractivity contribution is 5.95. The number of nitrogens with one attached hydrogen (secondary N) is 1. The SMILES string of the molecule is Fc1ccc(-c2noc([C@H]3CCCN3)n2)c2ccccc12. The zero-order valence-corrected chi connectivity index (χ0v) is 11.3. The van der Waals surface area contributed by atoms with Crippen molar-refractivity contribution in [3.63, 3.8) is 0 Å². The maximum absolute atomic E-state index is 13.9. The second-order valence-electron chi connectivity index (χ2n) is 5.25. The van der Waals surface area contributed by atoms with Gasteiger partial charge in [0.15, 0.2) is 0 Å². The summed E-state index contributed by atoms with van der Waals surface area (Å²) in [5.41, 5.74) is 0.792. The summed E-state index contributed by atoms with van der Waals surface area (Å²) in [6, 6.07) is 10.6. The summed E-state index contributed by atoms with van der Waals surface area (Å²) in [5, 5.41) is 8.76. The fraction of sp³-hybridized carbons (Fsp3) is 0.250. The fourth-order valence-electron chi connectivity index (χ4n) is 2.84. The minimum absolute atomic E-state index is 0.137. The van der Waals surface area contributed by atoms with Gasteiger partial charge in [0.25, 0.3) is 0 Å². The summed E-state index contributed by atoms with van der Waals surface area (Å²) in [7, 11) is 0. The number of nitrogens with zero attached hydrogens (tertiary/aromatic N) is 2. The zero-order chi connectivity index (χ0) is 14.2. The number of hydrogen-bond donors (Lipinski definition) is 1. The van der Waals surface area contributed by atoms with Gasteiger partial charge >= 0.3 is 0 Å². The van der Waals surface area contributed by atoms with Gasteiger partial charge in [-0.2, -0.15) is 4.98 Å². The molecule has 1 atom stereocenters. The molecule has 4 rings (SSSR count). The highest BCUT2D eigenvalue weighted by atomic mass is 19.1. The third-order valence-corrected chi connectivity index (χ3v) is 3.91. The van der Waals surface area contributed by atoms with Crippen LogP contribution in [0.3, 0.4) is 0 Å². The Kier molecular flexibility index (Phi) is 2.93. The standard InChI is InChI=1S/C16H14FN3O/c17-13-8-7-12(10-4-1-2-5-11(10)13)15-19-16(21-20-15)14-6-3-9-18-14/h1-2,4-5,7-8,14,18H,3,6,9H2/t14-/m1/s1. The molecule has 3 aromatic rings. The minimum atomic E-state index is -0.240. The molecular formula is C16H14FN3O. The summed E-state index contributed by atoms with van der Waals surface area (Å²) in [6.07, 6.45) is 2.12. The number of aromatic nitrogens is 2. The molecule has 0 radical (unpaired) electrons. The largest absolute Gasteiger partial charge is 0.337 e. The third kappa shape index (κ3) is 2.10. The average molecular weight is 283 g/mol. The quantitative estimate of drug-likeness (QED) is 0.782. The van der Waals surface area contributed by atoms with Crippen LogP contribution in [-0.4, -0.2) is 16.7 Å². The molecule has 2 aromatic carbocycles. The second kappa shape index (κ2) is 4.93. The molecule has 1 N–H and O–H groups in total. The van der Waals surface area contributed by atoms with Crippen LogP contribution in [0.4, 0.5) is 4.39 Å². The van der Waals surface area contributed by atoms with Gasteiger partial charge in [0.2, 0.25) is 11.7 Å². The highest BCUT2D eigenvalue weighted by Crippen LogP contribution is 2.30. The van der Waals surface area contributed by atoms with Crippen molar-refractivity contribution in [2.75, 3.05) is 6.54 Å². The first-order valence-corrected chi connectivity index (χ1v) is 7.07. The summed E-state index contributed by atoms with van der Waals surface area (Å²) in [5.74, 6) is 0.876. The third-order valence-electron chi connectivity index (χ3n) is 3.91. The smallest absolute Gasteiger partial charge is 0.244 e. The second-order valence-corrected chi connectivity index (χ2v) is 5.25. The van der Waals surface area contributed by atoms with Crippen molar-refractivity contribution in [1.82, 2.24) is 15.5 Å². The normalized spacial score (nSPS) is 18.4. The lowest BCUT2D eigenvalue weighted by Gasteiger charge is -2.04. The molecule has 2 heterocycles. The first-order chi connectivity index (χ1) is 10.3. The Morgan fingerprint density at radius 1 is 1.14 bits per heavy atom. The predicted molar refractivity (Wildman–Crippen MR) is 77.2 cm³/mol. The van der Waals surface area contributed by atoms with E-state index < -0.39 is 0 Å². The van der Waals surface area contributed by atoms with Gasteiger partial charge < -0.3 is 9.84 Å². The molecule has 1 aliphatic rings. The molecule has 5 heteroatoms. The Bertz CT molecular complexity index is 793. The van der Waals surface area contributed by atoms with Gasteiger partial charge in [-0.15, -0.1) is 0 Å². The van der Waals surface area contributed by atoms with Gasteiger partial charge in [-0.05, 0) is 36.9 Å². The van der Waals surface area contributed by atoms with Gasteiger partial charge in [0.1, 0.15) is 5.82 Å². The molecule has 0 aliphatic carbocycles. The summed E-state index contributed by atoms with van der Waals surface area (Å²) < 4.78 is 19.2. The molecular weight excluding hydrogens is 269 g/mol. The van der Waals surface area contributed by atoms with E-state index in [0.29, 0.717) is 17.1 Å². The predicted octanol–water partition coefficient (Wildman–Crippen LogP) is 3.45. The van der Waals surface area contributed by atoms with Crippen LogP contribution in [0.2, 0.25) is 0 Å². The average Bonchev–Trinajstić information content (AvgIpc) is 3.19.